The van der Waals surface area contributed by atoms with Gasteiger partial charge < -0.3 is 0 Å². The summed E-state index contributed by atoms with van der Waals surface area (Å²) < 4.78 is 23.3. The van der Waals surface area contributed by atoms with Crippen LogP contribution in [0.2, 0.25) is 0 Å². The Morgan fingerprint density at radius 3 is 2.50 bits per heavy atom. The number of nitrogens with zero attached hydrogens (tertiary/aromatic N) is 2. The van der Waals surface area contributed by atoms with Gasteiger partial charge in [0.25, 0.3) is 5.91 Å². The number of aryl methyl sites for hydroxylation is 2. The second-order valence-electron chi connectivity index (χ2n) is 4.33. The monoisotopic (exact) mass is 311 g/mol. The molecule has 0 aliphatic rings. The Labute approximate surface area is 120 Å². The van der Waals surface area contributed by atoms with Crippen LogP contribution in [0.1, 0.15) is 20.9 Å². The lowest BCUT2D eigenvalue weighted by molar-refractivity contribution is 0.102. The average Bonchev–Trinajstić information content (AvgIpc) is 2.73. The number of benzene rings is 1. The summed E-state index contributed by atoms with van der Waals surface area (Å²) in [6.07, 6.45) is 1.12. The topological polar surface area (TPSA) is 89.0 Å². The summed E-state index contributed by atoms with van der Waals surface area (Å²) in [7, 11) is -3.36. The van der Waals surface area contributed by atoms with Crippen LogP contribution < -0.4 is 5.32 Å². The van der Waals surface area contributed by atoms with Crippen molar-refractivity contribution in [3.63, 3.8) is 0 Å². The summed E-state index contributed by atoms with van der Waals surface area (Å²) >= 11 is 1.25. The zero-order chi connectivity index (χ0) is 14.9. The third kappa shape index (κ3) is 3.20. The molecule has 0 unspecified atom stereocenters. The van der Waals surface area contributed by atoms with Crippen molar-refractivity contribution in [3.05, 3.63) is 34.3 Å². The van der Waals surface area contributed by atoms with Crippen LogP contribution >= 0.6 is 11.3 Å². The van der Waals surface area contributed by atoms with Crippen molar-refractivity contribution in [2.24, 2.45) is 0 Å². The standard InChI is InChI=1S/C12H13N3O3S2/c1-7-4-5-9(6-10(7)20(3,17)18)11(16)13-12-15-14-8(2)19-12/h4-6H,1-3H3,(H,13,15,16). The first-order valence-corrected chi connectivity index (χ1v) is 8.40. The number of amides is 1. The third-order valence-electron chi connectivity index (χ3n) is 2.60. The van der Waals surface area contributed by atoms with Gasteiger partial charge in [0.15, 0.2) is 9.84 Å². The maximum Gasteiger partial charge on any atom is 0.257 e. The molecule has 1 aromatic heterocycles. The summed E-state index contributed by atoms with van der Waals surface area (Å²) in [5.41, 5.74) is 0.875. The van der Waals surface area contributed by atoms with Crippen LogP contribution in [0.3, 0.4) is 0 Å². The maximum atomic E-state index is 12.0. The van der Waals surface area contributed by atoms with Gasteiger partial charge in [-0.25, -0.2) is 8.42 Å². The molecule has 0 aliphatic heterocycles. The summed E-state index contributed by atoms with van der Waals surface area (Å²) in [6.45, 7) is 3.47. The van der Waals surface area contributed by atoms with E-state index in [1.165, 1.54) is 17.4 Å². The van der Waals surface area contributed by atoms with Gasteiger partial charge in [-0.15, -0.1) is 10.2 Å². The largest absolute Gasteiger partial charge is 0.296 e. The lowest BCUT2D eigenvalue weighted by Crippen LogP contribution is -2.13. The van der Waals surface area contributed by atoms with E-state index in [0.29, 0.717) is 10.7 Å². The number of sulfone groups is 1. The molecule has 0 fully saturated rings. The predicted molar refractivity (Wildman–Crippen MR) is 76.9 cm³/mol. The minimum absolute atomic E-state index is 0.151. The van der Waals surface area contributed by atoms with E-state index >= 15 is 0 Å². The lowest BCUT2D eigenvalue weighted by Gasteiger charge is -2.06. The van der Waals surface area contributed by atoms with Gasteiger partial charge in [0.2, 0.25) is 5.13 Å². The highest BCUT2D eigenvalue weighted by Crippen LogP contribution is 2.19. The van der Waals surface area contributed by atoms with Gasteiger partial charge >= 0.3 is 0 Å². The Kier molecular flexibility index (Phi) is 3.87. The first-order chi connectivity index (χ1) is 9.27. The molecule has 0 radical (unpaired) electrons. The third-order valence-corrected chi connectivity index (χ3v) is 4.59. The molecule has 1 aromatic carbocycles. The van der Waals surface area contributed by atoms with Crippen LogP contribution in [-0.4, -0.2) is 30.8 Å². The summed E-state index contributed by atoms with van der Waals surface area (Å²) in [5.74, 6) is -0.411. The van der Waals surface area contributed by atoms with Gasteiger partial charge in [-0.3, -0.25) is 10.1 Å². The summed E-state index contributed by atoms with van der Waals surface area (Å²) in [6, 6.07) is 4.55. The molecule has 0 atom stereocenters. The van der Waals surface area contributed by atoms with E-state index in [4.69, 9.17) is 0 Å². The van der Waals surface area contributed by atoms with Crippen molar-refractivity contribution >= 4 is 32.2 Å². The fraction of sp³-hybridized carbons (Fsp3) is 0.250. The van der Waals surface area contributed by atoms with E-state index in [1.54, 1.807) is 26.0 Å². The molecule has 6 nitrogen and oxygen atoms in total. The smallest absolute Gasteiger partial charge is 0.257 e. The molecule has 1 heterocycles. The zero-order valence-electron chi connectivity index (χ0n) is 11.2. The van der Waals surface area contributed by atoms with Crippen LogP contribution in [0.4, 0.5) is 5.13 Å². The number of hydrogen-bond donors (Lipinski definition) is 1. The highest BCUT2D eigenvalue weighted by Gasteiger charge is 2.15. The van der Waals surface area contributed by atoms with E-state index in [0.717, 1.165) is 11.3 Å². The van der Waals surface area contributed by atoms with Gasteiger partial charge in [-0.05, 0) is 31.5 Å². The maximum absolute atomic E-state index is 12.0. The Morgan fingerprint density at radius 2 is 1.95 bits per heavy atom. The number of carbonyl (C=O) groups is 1. The highest BCUT2D eigenvalue weighted by molar-refractivity contribution is 7.90. The zero-order valence-corrected chi connectivity index (χ0v) is 12.8. The molecule has 20 heavy (non-hydrogen) atoms. The number of carbonyl (C=O) groups excluding carboxylic acids is 1. The van der Waals surface area contributed by atoms with Crippen molar-refractivity contribution in [2.45, 2.75) is 18.7 Å². The van der Waals surface area contributed by atoms with Crippen molar-refractivity contribution in [1.29, 1.82) is 0 Å². The second-order valence-corrected chi connectivity index (χ2v) is 7.50. The fourth-order valence-electron chi connectivity index (χ4n) is 1.66. The molecule has 2 rings (SSSR count). The van der Waals surface area contributed by atoms with Gasteiger partial charge in [0.1, 0.15) is 5.01 Å². The molecular weight excluding hydrogens is 298 g/mol. The van der Waals surface area contributed by atoms with E-state index in [1.807, 2.05) is 0 Å². The van der Waals surface area contributed by atoms with Crippen LogP contribution in [0.25, 0.3) is 0 Å². The van der Waals surface area contributed by atoms with E-state index < -0.39 is 15.7 Å². The van der Waals surface area contributed by atoms with E-state index in [9.17, 15) is 13.2 Å². The minimum atomic E-state index is -3.36. The van der Waals surface area contributed by atoms with E-state index in [-0.39, 0.29) is 10.5 Å². The highest BCUT2D eigenvalue weighted by atomic mass is 32.2. The van der Waals surface area contributed by atoms with Gasteiger partial charge in [-0.2, -0.15) is 0 Å². The molecule has 1 N–H and O–H groups in total. The van der Waals surface area contributed by atoms with Gasteiger partial charge in [-0.1, -0.05) is 17.4 Å². The van der Waals surface area contributed by atoms with Gasteiger partial charge in [0, 0.05) is 11.8 Å². The van der Waals surface area contributed by atoms with Crippen molar-refractivity contribution < 1.29 is 13.2 Å². The van der Waals surface area contributed by atoms with Crippen LogP contribution in [0.15, 0.2) is 23.1 Å². The first kappa shape index (κ1) is 14.6. The molecule has 2 aromatic rings. The van der Waals surface area contributed by atoms with Gasteiger partial charge in [0.05, 0.1) is 4.90 Å². The summed E-state index contributed by atoms with van der Waals surface area (Å²) in [4.78, 5) is 12.2. The number of hydrogen-bond acceptors (Lipinski definition) is 6. The Balaban J connectivity index is 2.31. The van der Waals surface area contributed by atoms with Crippen molar-refractivity contribution in [1.82, 2.24) is 10.2 Å². The van der Waals surface area contributed by atoms with Crippen LogP contribution in [0.5, 0.6) is 0 Å². The van der Waals surface area contributed by atoms with Crippen molar-refractivity contribution in [2.75, 3.05) is 11.6 Å². The molecule has 1 amide bonds. The second kappa shape index (κ2) is 5.29. The molecule has 8 heteroatoms. The molecular formula is C12H13N3O3S2. The Bertz CT molecular complexity index is 766. The molecule has 106 valence electrons. The quantitative estimate of drug-likeness (QED) is 0.933. The van der Waals surface area contributed by atoms with Crippen LogP contribution in [-0.2, 0) is 9.84 Å². The number of anilines is 1. The normalized spacial score (nSPS) is 11.3. The molecule has 0 saturated heterocycles. The summed E-state index contributed by atoms with van der Waals surface area (Å²) in [5, 5.41) is 11.3. The molecule has 0 bridgehead atoms. The van der Waals surface area contributed by atoms with E-state index in [2.05, 4.69) is 15.5 Å². The molecule has 0 aliphatic carbocycles. The average molecular weight is 311 g/mol. The van der Waals surface area contributed by atoms with Crippen molar-refractivity contribution in [3.8, 4) is 0 Å². The fourth-order valence-corrected chi connectivity index (χ4v) is 3.24. The molecule has 0 spiro atoms. The Morgan fingerprint density at radius 1 is 1.25 bits per heavy atom. The minimum Gasteiger partial charge on any atom is -0.296 e. The Hall–Kier alpha value is -1.80. The predicted octanol–water partition coefficient (Wildman–Crippen LogP) is 1.81. The number of nitrogens with one attached hydrogen (secondary N) is 1. The number of rotatable bonds is 3. The SMILES string of the molecule is Cc1nnc(NC(=O)c2ccc(C)c(S(C)(=O)=O)c2)s1. The molecule has 0 saturated carbocycles. The number of aromatic nitrogens is 2. The first-order valence-electron chi connectivity index (χ1n) is 5.69. The van der Waals surface area contributed by atoms with Crippen LogP contribution in [0, 0.1) is 13.8 Å². The lowest BCUT2D eigenvalue weighted by atomic mass is 10.1.